The smallest absolute Gasteiger partial charge is 0.252 e. The summed E-state index contributed by atoms with van der Waals surface area (Å²) in [6.07, 6.45) is -0.810. The van der Waals surface area contributed by atoms with Gasteiger partial charge in [-0.1, -0.05) is 18.2 Å². The van der Waals surface area contributed by atoms with Crippen LogP contribution in [0.4, 0.5) is 5.69 Å². The lowest BCUT2D eigenvalue weighted by Gasteiger charge is -2.35. The molecule has 3 rings (SSSR count). The van der Waals surface area contributed by atoms with E-state index in [1.165, 1.54) is 18.9 Å². The number of hydrogen-bond donors (Lipinski definition) is 5. The Balaban J connectivity index is 1.49. The van der Waals surface area contributed by atoms with Gasteiger partial charge >= 0.3 is 0 Å². The zero-order valence-corrected chi connectivity index (χ0v) is 17.1. The van der Waals surface area contributed by atoms with Crippen molar-refractivity contribution < 1.29 is 19.1 Å². The second-order valence-corrected chi connectivity index (χ2v) is 7.58. The Morgan fingerprint density at radius 2 is 1.83 bits per heavy atom. The second-order valence-electron chi connectivity index (χ2n) is 6.49. The van der Waals surface area contributed by atoms with Gasteiger partial charge in [0.15, 0.2) is 0 Å². The Labute approximate surface area is 178 Å². The van der Waals surface area contributed by atoms with Crippen LogP contribution in [-0.2, 0) is 9.59 Å². The average Bonchev–Trinajstić information content (AvgIpc) is 2.75. The molecule has 158 valence electrons. The number of nitrogens with two attached hydrogens (primary N) is 1. The molecule has 0 aliphatic carbocycles. The minimum absolute atomic E-state index is 0.114. The SMILES string of the molecule is COc1ccc(C(=O)NC2C(=O)NC(SCC(=O)Nc3ccccc3)NC2N)cc1. The quantitative estimate of drug-likeness (QED) is 0.431. The molecule has 3 unspecified atom stereocenters. The number of carbonyl (C=O) groups is 3. The molecule has 2 aromatic carbocycles. The summed E-state index contributed by atoms with van der Waals surface area (Å²) in [4.78, 5) is 36.9. The molecule has 2 aromatic rings. The highest BCUT2D eigenvalue weighted by Crippen LogP contribution is 2.14. The van der Waals surface area contributed by atoms with Gasteiger partial charge in [0.2, 0.25) is 11.8 Å². The van der Waals surface area contributed by atoms with Gasteiger partial charge in [-0.15, -0.1) is 11.8 Å². The van der Waals surface area contributed by atoms with Crippen LogP contribution in [-0.4, -0.2) is 48.3 Å². The van der Waals surface area contributed by atoms with Gasteiger partial charge in [0.25, 0.3) is 5.91 Å². The molecule has 3 amide bonds. The number of carbonyl (C=O) groups excluding carboxylic acids is 3. The van der Waals surface area contributed by atoms with Crippen molar-refractivity contribution in [3.05, 3.63) is 60.2 Å². The highest BCUT2D eigenvalue weighted by Gasteiger charge is 2.35. The largest absolute Gasteiger partial charge is 0.497 e. The predicted molar refractivity (Wildman–Crippen MR) is 115 cm³/mol. The van der Waals surface area contributed by atoms with Gasteiger partial charge in [-0.05, 0) is 36.4 Å². The Hall–Kier alpha value is -3.08. The molecule has 6 N–H and O–H groups in total. The van der Waals surface area contributed by atoms with E-state index in [1.807, 2.05) is 18.2 Å². The molecule has 1 saturated heterocycles. The molecular weight excluding hydrogens is 406 g/mol. The van der Waals surface area contributed by atoms with E-state index < -0.39 is 29.5 Å². The lowest BCUT2D eigenvalue weighted by molar-refractivity contribution is -0.125. The zero-order valence-electron chi connectivity index (χ0n) is 16.3. The van der Waals surface area contributed by atoms with Crippen LogP contribution < -0.4 is 31.7 Å². The molecular formula is C20H23N5O4S. The van der Waals surface area contributed by atoms with Gasteiger partial charge in [0, 0.05) is 11.3 Å². The van der Waals surface area contributed by atoms with Gasteiger partial charge in [-0.2, -0.15) is 0 Å². The molecule has 1 aliphatic heterocycles. The monoisotopic (exact) mass is 429 g/mol. The van der Waals surface area contributed by atoms with E-state index in [0.717, 1.165) is 0 Å². The van der Waals surface area contributed by atoms with Crippen LogP contribution in [0.3, 0.4) is 0 Å². The lowest BCUT2D eigenvalue weighted by atomic mass is 10.1. The van der Waals surface area contributed by atoms with Crippen LogP contribution in [0.2, 0.25) is 0 Å². The van der Waals surface area contributed by atoms with Crippen molar-refractivity contribution in [2.75, 3.05) is 18.2 Å². The van der Waals surface area contributed by atoms with Crippen molar-refractivity contribution >= 4 is 35.2 Å². The third kappa shape index (κ3) is 5.72. The molecule has 0 saturated carbocycles. The van der Waals surface area contributed by atoms with E-state index in [-0.39, 0.29) is 11.7 Å². The fourth-order valence-electron chi connectivity index (χ4n) is 2.78. The first-order valence-corrected chi connectivity index (χ1v) is 10.2. The molecule has 1 aliphatic rings. The predicted octanol–water partition coefficient (Wildman–Crippen LogP) is 0.453. The van der Waals surface area contributed by atoms with E-state index in [1.54, 1.807) is 36.4 Å². The molecule has 30 heavy (non-hydrogen) atoms. The fraction of sp³-hybridized carbons (Fsp3) is 0.250. The van der Waals surface area contributed by atoms with Gasteiger partial charge in [-0.3, -0.25) is 19.7 Å². The van der Waals surface area contributed by atoms with Crippen LogP contribution in [0.25, 0.3) is 0 Å². The summed E-state index contributed by atoms with van der Waals surface area (Å²) in [6, 6.07) is 14.6. The van der Waals surface area contributed by atoms with Crippen molar-refractivity contribution in [1.29, 1.82) is 0 Å². The Morgan fingerprint density at radius 3 is 2.47 bits per heavy atom. The number of methoxy groups -OCH3 is 1. The first-order chi connectivity index (χ1) is 14.5. The molecule has 0 aromatic heterocycles. The van der Waals surface area contributed by atoms with Crippen LogP contribution in [0.1, 0.15) is 10.4 Å². The van der Waals surface area contributed by atoms with Gasteiger partial charge in [-0.25, -0.2) is 0 Å². The maximum atomic E-state index is 12.4. The first-order valence-electron chi connectivity index (χ1n) is 9.19. The molecule has 9 nitrogen and oxygen atoms in total. The molecule has 0 radical (unpaired) electrons. The van der Waals surface area contributed by atoms with E-state index in [9.17, 15) is 14.4 Å². The standard InChI is InChI=1S/C20H23N5O4S/c1-29-14-9-7-12(8-10-14)18(27)23-16-17(21)24-20(25-19(16)28)30-11-15(26)22-13-5-3-2-4-6-13/h2-10,16-17,20,24H,11,21H2,1H3,(H,22,26)(H,23,27)(H,25,28). The second kappa shape index (κ2) is 10.1. The summed E-state index contributed by atoms with van der Waals surface area (Å²) in [5.74, 6) is -0.322. The van der Waals surface area contributed by atoms with Crippen molar-refractivity contribution in [3.63, 3.8) is 0 Å². The summed E-state index contributed by atoms with van der Waals surface area (Å²) in [5, 5.41) is 11.1. The molecule has 1 heterocycles. The highest BCUT2D eigenvalue weighted by molar-refractivity contribution is 8.00. The van der Waals surface area contributed by atoms with Crippen LogP contribution >= 0.6 is 11.8 Å². The topological polar surface area (TPSA) is 135 Å². The van der Waals surface area contributed by atoms with Crippen LogP contribution in [0, 0.1) is 0 Å². The number of benzene rings is 2. The molecule has 3 atom stereocenters. The lowest BCUT2D eigenvalue weighted by Crippen LogP contribution is -2.70. The van der Waals surface area contributed by atoms with E-state index in [2.05, 4.69) is 21.3 Å². The summed E-state index contributed by atoms with van der Waals surface area (Å²) >= 11 is 1.19. The molecule has 0 bridgehead atoms. The van der Waals surface area contributed by atoms with Crippen molar-refractivity contribution in [2.24, 2.45) is 5.73 Å². The minimum Gasteiger partial charge on any atom is -0.497 e. The van der Waals surface area contributed by atoms with Crippen molar-refractivity contribution in [3.8, 4) is 5.75 Å². The van der Waals surface area contributed by atoms with Crippen LogP contribution in [0.5, 0.6) is 5.75 Å². The number of amides is 3. The average molecular weight is 430 g/mol. The van der Waals surface area contributed by atoms with E-state index in [4.69, 9.17) is 10.5 Å². The first kappa shape index (κ1) is 21.6. The zero-order chi connectivity index (χ0) is 21.5. The third-order valence-electron chi connectivity index (χ3n) is 4.34. The Bertz CT molecular complexity index is 894. The van der Waals surface area contributed by atoms with Gasteiger partial charge < -0.3 is 26.4 Å². The number of hydrogen-bond acceptors (Lipinski definition) is 7. The number of nitrogens with one attached hydrogen (secondary N) is 4. The number of anilines is 1. The normalized spacial score (nSPS) is 20.7. The summed E-state index contributed by atoms with van der Waals surface area (Å²) in [7, 11) is 1.53. The van der Waals surface area contributed by atoms with Gasteiger partial charge in [0.05, 0.1) is 19.0 Å². The fourth-order valence-corrected chi connectivity index (χ4v) is 3.63. The van der Waals surface area contributed by atoms with Gasteiger partial charge in [0.1, 0.15) is 17.3 Å². The molecule has 0 spiro atoms. The molecule has 10 heteroatoms. The van der Waals surface area contributed by atoms with Crippen molar-refractivity contribution in [2.45, 2.75) is 17.7 Å². The number of para-hydroxylation sites is 1. The third-order valence-corrected chi connectivity index (χ3v) is 5.35. The minimum atomic E-state index is -0.949. The Kier molecular flexibility index (Phi) is 7.28. The van der Waals surface area contributed by atoms with Crippen LogP contribution in [0.15, 0.2) is 54.6 Å². The number of rotatable bonds is 7. The summed E-state index contributed by atoms with van der Waals surface area (Å²) < 4.78 is 5.06. The summed E-state index contributed by atoms with van der Waals surface area (Å²) in [5.41, 5.74) is 6.56. The maximum Gasteiger partial charge on any atom is 0.252 e. The highest BCUT2D eigenvalue weighted by atomic mass is 32.2. The molecule has 1 fully saturated rings. The maximum absolute atomic E-state index is 12.4. The van der Waals surface area contributed by atoms with E-state index in [0.29, 0.717) is 17.0 Å². The Morgan fingerprint density at radius 1 is 1.13 bits per heavy atom. The van der Waals surface area contributed by atoms with Crippen molar-refractivity contribution in [1.82, 2.24) is 16.0 Å². The number of thioether (sulfide) groups is 1. The number of ether oxygens (including phenoxy) is 1. The van der Waals surface area contributed by atoms with E-state index >= 15 is 0 Å². The summed E-state index contributed by atoms with van der Waals surface area (Å²) in [6.45, 7) is 0.